The average Bonchev–Trinajstić information content (AvgIpc) is 3.32. The van der Waals surface area contributed by atoms with Crippen LogP contribution in [0.4, 0.5) is 10.1 Å². The van der Waals surface area contributed by atoms with Gasteiger partial charge in [-0.05, 0) is 36.6 Å². The molecule has 7 heteroatoms. The topological polar surface area (TPSA) is 63.3 Å². The first-order valence-corrected chi connectivity index (χ1v) is 11.1. The van der Waals surface area contributed by atoms with Gasteiger partial charge in [-0.15, -0.1) is 0 Å². The molecule has 1 atom stereocenters. The van der Waals surface area contributed by atoms with Crippen molar-refractivity contribution < 1.29 is 14.3 Å². The van der Waals surface area contributed by atoms with E-state index in [0.29, 0.717) is 29.1 Å². The Morgan fingerprint density at radius 1 is 1.25 bits per heavy atom. The van der Waals surface area contributed by atoms with Crippen molar-refractivity contribution in [2.45, 2.75) is 26.3 Å². The summed E-state index contributed by atoms with van der Waals surface area (Å²) in [4.78, 5) is 18.4. The molecule has 0 bridgehead atoms. The number of nitrogens with zero attached hydrogens (tertiary/aromatic N) is 4. The van der Waals surface area contributed by atoms with Crippen LogP contribution in [0.3, 0.4) is 0 Å². The molecule has 4 aromatic rings. The monoisotopic (exact) mass is 434 g/mol. The van der Waals surface area contributed by atoms with Crippen molar-refractivity contribution >= 4 is 33.9 Å². The first kappa shape index (κ1) is 20.7. The van der Waals surface area contributed by atoms with Gasteiger partial charge in [0.25, 0.3) is 0 Å². The molecule has 0 saturated heterocycles. The molecule has 1 aliphatic rings. The minimum Gasteiger partial charge on any atom is -0.396 e. The van der Waals surface area contributed by atoms with Crippen molar-refractivity contribution in [3.8, 4) is 11.5 Å². The lowest BCUT2D eigenvalue weighted by molar-refractivity contribution is 0.112. The van der Waals surface area contributed by atoms with Gasteiger partial charge in [0.2, 0.25) is 0 Å². The van der Waals surface area contributed by atoms with Crippen molar-refractivity contribution in [3.63, 3.8) is 0 Å². The molecule has 0 amide bonds. The Labute approximate surface area is 185 Å². The van der Waals surface area contributed by atoms with E-state index in [1.54, 1.807) is 10.6 Å². The number of aliphatic hydroxyl groups is 1. The molecule has 2 aromatic heterocycles. The molecule has 3 heterocycles. The molecule has 1 N–H and O–H groups in total. The Morgan fingerprint density at radius 3 is 2.78 bits per heavy atom. The van der Waals surface area contributed by atoms with Crippen LogP contribution < -0.4 is 4.90 Å². The van der Waals surface area contributed by atoms with Gasteiger partial charge in [0.15, 0.2) is 5.82 Å². The van der Waals surface area contributed by atoms with Gasteiger partial charge in [-0.1, -0.05) is 26.0 Å². The van der Waals surface area contributed by atoms with Crippen LogP contribution in [0.5, 0.6) is 0 Å². The number of carbonyl (C=O) groups excluding carboxylic acids is 1. The van der Waals surface area contributed by atoms with Gasteiger partial charge < -0.3 is 19.1 Å². The summed E-state index contributed by atoms with van der Waals surface area (Å²) < 4.78 is 18.9. The fourth-order valence-electron chi connectivity index (χ4n) is 5.04. The summed E-state index contributed by atoms with van der Waals surface area (Å²) in [6.07, 6.45) is 1.37. The van der Waals surface area contributed by atoms with Gasteiger partial charge in [-0.25, -0.2) is 9.37 Å². The van der Waals surface area contributed by atoms with Crippen LogP contribution in [0, 0.1) is 11.7 Å². The number of imidazole rings is 1. The van der Waals surface area contributed by atoms with E-state index in [1.807, 2.05) is 7.05 Å². The number of aliphatic hydroxyl groups excluding tert-OH is 1. The lowest BCUT2D eigenvalue weighted by Crippen LogP contribution is -2.38. The number of hydrogen-bond donors (Lipinski definition) is 1. The Balaban J connectivity index is 1.78. The van der Waals surface area contributed by atoms with Gasteiger partial charge in [0.1, 0.15) is 17.6 Å². The van der Waals surface area contributed by atoms with E-state index in [2.05, 4.69) is 47.6 Å². The minimum absolute atomic E-state index is 0.166. The molecular formula is C25H27FN4O2. The van der Waals surface area contributed by atoms with E-state index in [9.17, 15) is 14.3 Å². The molecule has 0 saturated carbocycles. The largest absolute Gasteiger partial charge is 0.396 e. The van der Waals surface area contributed by atoms with Crippen LogP contribution in [0.15, 0.2) is 36.4 Å². The van der Waals surface area contributed by atoms with Crippen LogP contribution in [-0.4, -0.2) is 45.2 Å². The van der Waals surface area contributed by atoms with Gasteiger partial charge in [-0.2, -0.15) is 0 Å². The molecule has 166 valence electrons. The fraction of sp³-hybridized carbons (Fsp3) is 0.360. The summed E-state index contributed by atoms with van der Waals surface area (Å²) >= 11 is 0. The Morgan fingerprint density at radius 2 is 2.06 bits per heavy atom. The summed E-state index contributed by atoms with van der Waals surface area (Å²) in [5.41, 5.74) is 4.38. The first-order valence-electron chi connectivity index (χ1n) is 11.1. The highest BCUT2D eigenvalue weighted by atomic mass is 19.1. The summed E-state index contributed by atoms with van der Waals surface area (Å²) in [5.74, 6) is 0.595. The number of aldehydes is 1. The molecule has 1 unspecified atom stereocenters. The van der Waals surface area contributed by atoms with E-state index in [-0.39, 0.29) is 18.2 Å². The zero-order valence-corrected chi connectivity index (χ0v) is 18.5. The lowest BCUT2D eigenvalue weighted by atomic mass is 9.99. The third-order valence-electron chi connectivity index (χ3n) is 6.58. The normalized spacial score (nSPS) is 15.9. The van der Waals surface area contributed by atoms with Gasteiger partial charge in [0.05, 0.1) is 28.5 Å². The van der Waals surface area contributed by atoms with E-state index in [4.69, 9.17) is 4.98 Å². The van der Waals surface area contributed by atoms with Crippen molar-refractivity contribution in [1.82, 2.24) is 14.1 Å². The maximum atomic E-state index is 14.8. The highest BCUT2D eigenvalue weighted by Gasteiger charge is 2.32. The predicted octanol–water partition coefficient (Wildman–Crippen LogP) is 4.55. The van der Waals surface area contributed by atoms with Gasteiger partial charge in [0, 0.05) is 37.7 Å². The van der Waals surface area contributed by atoms with Gasteiger partial charge in [-0.3, -0.25) is 4.79 Å². The molecule has 1 aliphatic heterocycles. The molecular weight excluding hydrogens is 407 g/mol. The second kappa shape index (κ2) is 7.74. The summed E-state index contributed by atoms with van der Waals surface area (Å²) in [7, 11) is 1.82. The Kier molecular flexibility index (Phi) is 5.01. The zero-order chi connectivity index (χ0) is 22.6. The smallest absolute Gasteiger partial charge is 0.157 e. The van der Waals surface area contributed by atoms with Crippen LogP contribution in [0.1, 0.15) is 36.7 Å². The summed E-state index contributed by atoms with van der Waals surface area (Å²) in [6.45, 7) is 6.22. The third kappa shape index (κ3) is 3.03. The van der Waals surface area contributed by atoms with E-state index < -0.39 is 5.82 Å². The van der Waals surface area contributed by atoms with E-state index in [0.717, 1.165) is 41.8 Å². The number of halogens is 1. The van der Waals surface area contributed by atoms with Gasteiger partial charge >= 0.3 is 0 Å². The minimum atomic E-state index is -0.447. The summed E-state index contributed by atoms with van der Waals surface area (Å²) in [6, 6.07) is 11.5. The number of para-hydroxylation sites is 1. The van der Waals surface area contributed by atoms with Crippen LogP contribution >= 0.6 is 0 Å². The highest BCUT2D eigenvalue weighted by molar-refractivity contribution is 5.97. The number of benzene rings is 2. The second-order valence-electron chi connectivity index (χ2n) is 8.93. The summed E-state index contributed by atoms with van der Waals surface area (Å²) in [5, 5.41) is 10.5. The molecule has 0 radical (unpaired) electrons. The lowest BCUT2D eigenvalue weighted by Gasteiger charge is -2.39. The molecule has 6 nitrogen and oxygen atoms in total. The van der Waals surface area contributed by atoms with Crippen LogP contribution in [0.25, 0.3) is 33.5 Å². The van der Waals surface area contributed by atoms with E-state index >= 15 is 0 Å². The highest BCUT2D eigenvalue weighted by Crippen LogP contribution is 2.43. The molecule has 0 spiro atoms. The SMILES string of the molecule is CC(C)C1CN(CCCO)c2cccc3cc(-c4nc5cc(C=O)cc(F)c5n4C)n1c23. The molecule has 32 heavy (non-hydrogen) atoms. The van der Waals surface area contributed by atoms with Crippen molar-refractivity contribution in [2.24, 2.45) is 13.0 Å². The number of aryl methyl sites for hydroxylation is 1. The quantitative estimate of drug-likeness (QED) is 0.453. The van der Waals surface area contributed by atoms with Crippen molar-refractivity contribution in [3.05, 3.63) is 47.8 Å². The van der Waals surface area contributed by atoms with Crippen LogP contribution in [0.2, 0.25) is 0 Å². The van der Waals surface area contributed by atoms with Crippen molar-refractivity contribution in [1.29, 1.82) is 0 Å². The number of hydrogen-bond acceptors (Lipinski definition) is 4. The average molecular weight is 435 g/mol. The third-order valence-corrected chi connectivity index (χ3v) is 6.58. The number of rotatable bonds is 6. The number of carbonyl (C=O) groups is 1. The zero-order valence-electron chi connectivity index (χ0n) is 18.5. The number of aromatic nitrogens is 3. The molecule has 5 rings (SSSR count). The van der Waals surface area contributed by atoms with Crippen LogP contribution in [-0.2, 0) is 7.05 Å². The maximum absolute atomic E-state index is 14.8. The Hall–Kier alpha value is -3.19. The maximum Gasteiger partial charge on any atom is 0.157 e. The molecule has 2 aromatic carbocycles. The second-order valence-corrected chi connectivity index (χ2v) is 8.93. The molecule has 0 fully saturated rings. The number of anilines is 1. The predicted molar refractivity (Wildman–Crippen MR) is 125 cm³/mol. The van der Waals surface area contributed by atoms with E-state index in [1.165, 1.54) is 6.07 Å². The first-order chi connectivity index (χ1) is 15.4. The Bertz CT molecular complexity index is 1340. The number of fused-ring (bicyclic) bond motifs is 1. The standard InChI is InChI=1S/C25H27FN4O2/c1-15(2)22-13-29(8-5-9-31)20-7-4-6-17-12-21(30(22)23(17)20)25-27-19-11-16(14-32)10-18(26)24(19)28(25)3/h4,6-7,10-12,14-15,22,31H,5,8-9,13H2,1-3H3. The molecule has 0 aliphatic carbocycles. The van der Waals surface area contributed by atoms with Crippen molar-refractivity contribution in [2.75, 3.05) is 24.6 Å². The fourth-order valence-corrected chi connectivity index (χ4v) is 5.04.